The molecule has 0 bridgehead atoms. The van der Waals surface area contributed by atoms with Crippen LogP contribution in [-0.2, 0) is 22.1 Å². The number of benzene rings is 1. The number of hydrogen-bond donors (Lipinski definition) is 1. The van der Waals surface area contributed by atoms with E-state index < -0.39 is 15.7 Å². The third-order valence-electron chi connectivity index (χ3n) is 3.32. The van der Waals surface area contributed by atoms with Crippen LogP contribution in [0.15, 0.2) is 74.6 Å². The van der Waals surface area contributed by atoms with Gasteiger partial charge in [0, 0.05) is 0 Å². The van der Waals surface area contributed by atoms with E-state index in [1.807, 2.05) is 0 Å². The summed E-state index contributed by atoms with van der Waals surface area (Å²) in [6, 6.07) is 14.5. The molecule has 2 aromatic heterocycles. The Labute approximate surface area is 139 Å². The van der Waals surface area contributed by atoms with Crippen molar-refractivity contribution in [2.75, 3.05) is 0 Å². The smallest absolute Gasteiger partial charge is 0.287 e. The summed E-state index contributed by atoms with van der Waals surface area (Å²) in [5, 5.41) is 2.63. The molecule has 0 atom stereocenters. The Morgan fingerprint density at radius 3 is 2.46 bits per heavy atom. The Morgan fingerprint density at radius 2 is 1.75 bits per heavy atom. The van der Waals surface area contributed by atoms with Gasteiger partial charge in [-0.1, -0.05) is 18.2 Å². The molecule has 1 N–H and O–H groups in total. The zero-order valence-corrected chi connectivity index (χ0v) is 13.5. The lowest BCUT2D eigenvalue weighted by atomic mass is 10.4. The Bertz CT molecular complexity index is 911. The van der Waals surface area contributed by atoms with Gasteiger partial charge in [-0.2, -0.15) is 0 Å². The molecule has 0 spiro atoms. The molecule has 24 heavy (non-hydrogen) atoms. The highest BCUT2D eigenvalue weighted by Gasteiger charge is 2.19. The number of rotatable bonds is 6. The van der Waals surface area contributed by atoms with Crippen molar-refractivity contribution in [2.45, 2.75) is 17.2 Å². The van der Waals surface area contributed by atoms with Crippen molar-refractivity contribution in [3.63, 3.8) is 0 Å². The summed E-state index contributed by atoms with van der Waals surface area (Å²) >= 11 is 0. The second-order valence-corrected chi connectivity index (χ2v) is 7.09. The number of amides is 1. The van der Waals surface area contributed by atoms with E-state index in [0.717, 1.165) is 0 Å². The van der Waals surface area contributed by atoms with Crippen LogP contribution in [0.3, 0.4) is 0 Å². The molecule has 124 valence electrons. The van der Waals surface area contributed by atoms with Gasteiger partial charge in [0.2, 0.25) is 0 Å². The summed E-state index contributed by atoms with van der Waals surface area (Å²) in [5.41, 5.74) is 0. The van der Waals surface area contributed by atoms with Crippen LogP contribution in [-0.4, -0.2) is 14.3 Å². The molecule has 3 aromatic rings. The lowest BCUT2D eigenvalue weighted by molar-refractivity contribution is 0.0918. The van der Waals surface area contributed by atoms with Crippen molar-refractivity contribution >= 4 is 15.7 Å². The minimum absolute atomic E-state index is 0.0554. The molecule has 0 aliphatic carbocycles. The quantitative estimate of drug-likeness (QED) is 0.742. The van der Waals surface area contributed by atoms with Crippen LogP contribution in [0, 0.1) is 0 Å². The lowest BCUT2D eigenvalue weighted by Crippen LogP contribution is -2.21. The fraction of sp³-hybridized carbons (Fsp3) is 0.118. The summed E-state index contributed by atoms with van der Waals surface area (Å²) in [7, 11) is -3.51. The van der Waals surface area contributed by atoms with Crippen molar-refractivity contribution in [1.82, 2.24) is 5.32 Å². The van der Waals surface area contributed by atoms with Crippen molar-refractivity contribution in [1.29, 1.82) is 0 Å². The van der Waals surface area contributed by atoms with Crippen LogP contribution in [0.1, 0.15) is 22.1 Å². The molecule has 0 aliphatic rings. The average molecular weight is 345 g/mol. The minimum atomic E-state index is -3.51. The van der Waals surface area contributed by atoms with E-state index in [-0.39, 0.29) is 28.7 Å². The Hall–Kier alpha value is -2.80. The Kier molecular flexibility index (Phi) is 4.52. The number of sulfone groups is 1. The minimum Gasteiger partial charge on any atom is -0.467 e. The van der Waals surface area contributed by atoms with E-state index in [4.69, 9.17) is 8.83 Å². The van der Waals surface area contributed by atoms with E-state index in [2.05, 4.69) is 5.32 Å². The highest BCUT2D eigenvalue weighted by molar-refractivity contribution is 7.90. The standard InChI is InChI=1S/C17H15NO5S/c19-17(18-11-13-5-4-10-22-13)16-9-8-14(23-16)12-24(20,21)15-6-2-1-3-7-15/h1-10H,11-12H2,(H,18,19). The van der Waals surface area contributed by atoms with Gasteiger partial charge in [-0.15, -0.1) is 0 Å². The van der Waals surface area contributed by atoms with E-state index in [0.29, 0.717) is 5.76 Å². The first-order valence-corrected chi connectivity index (χ1v) is 8.87. The van der Waals surface area contributed by atoms with Gasteiger partial charge < -0.3 is 14.2 Å². The SMILES string of the molecule is O=C(NCc1ccco1)c1ccc(CS(=O)(=O)c2ccccc2)o1. The largest absolute Gasteiger partial charge is 0.467 e. The number of furan rings is 2. The molecule has 2 heterocycles. The fourth-order valence-corrected chi connectivity index (χ4v) is 3.41. The first-order chi connectivity index (χ1) is 11.5. The van der Waals surface area contributed by atoms with Gasteiger partial charge >= 0.3 is 0 Å². The normalized spacial score (nSPS) is 11.3. The maximum Gasteiger partial charge on any atom is 0.287 e. The molecular weight excluding hydrogens is 330 g/mol. The van der Waals surface area contributed by atoms with Gasteiger partial charge in [-0.25, -0.2) is 8.42 Å². The van der Waals surface area contributed by atoms with Crippen molar-refractivity contribution in [2.24, 2.45) is 0 Å². The van der Waals surface area contributed by atoms with Crippen LogP contribution < -0.4 is 5.32 Å². The molecular formula is C17H15NO5S. The zero-order valence-electron chi connectivity index (χ0n) is 12.6. The van der Waals surface area contributed by atoms with Gasteiger partial charge in [0.15, 0.2) is 15.6 Å². The first-order valence-electron chi connectivity index (χ1n) is 7.22. The highest BCUT2D eigenvalue weighted by Crippen LogP contribution is 2.18. The van der Waals surface area contributed by atoms with Crippen LogP contribution >= 0.6 is 0 Å². The molecule has 0 saturated carbocycles. The third-order valence-corrected chi connectivity index (χ3v) is 4.98. The van der Waals surface area contributed by atoms with Crippen LogP contribution in [0.5, 0.6) is 0 Å². The monoisotopic (exact) mass is 345 g/mol. The first kappa shape index (κ1) is 16.1. The van der Waals surface area contributed by atoms with Crippen molar-refractivity contribution in [3.05, 3.63) is 78.1 Å². The van der Waals surface area contributed by atoms with Crippen molar-refractivity contribution in [3.8, 4) is 0 Å². The number of nitrogens with one attached hydrogen (secondary N) is 1. The van der Waals surface area contributed by atoms with Gasteiger partial charge in [-0.3, -0.25) is 4.79 Å². The molecule has 0 aliphatic heterocycles. The van der Waals surface area contributed by atoms with Gasteiger partial charge in [0.05, 0.1) is 17.7 Å². The van der Waals surface area contributed by atoms with E-state index >= 15 is 0 Å². The van der Waals surface area contributed by atoms with Gasteiger partial charge in [0.25, 0.3) is 5.91 Å². The van der Waals surface area contributed by atoms with Gasteiger partial charge in [0.1, 0.15) is 17.3 Å². The molecule has 0 radical (unpaired) electrons. The fourth-order valence-electron chi connectivity index (χ4n) is 2.14. The summed E-state index contributed by atoms with van der Waals surface area (Å²) < 4.78 is 35.0. The predicted molar refractivity (Wildman–Crippen MR) is 85.9 cm³/mol. The summed E-state index contributed by atoms with van der Waals surface area (Å²) in [6.45, 7) is 0.226. The molecule has 0 unspecified atom stereocenters. The molecule has 1 amide bonds. The number of carbonyl (C=O) groups excluding carboxylic acids is 1. The molecule has 3 rings (SSSR count). The second-order valence-electron chi connectivity index (χ2n) is 5.10. The maximum absolute atomic E-state index is 12.3. The summed E-state index contributed by atoms with van der Waals surface area (Å²) in [6.07, 6.45) is 1.51. The summed E-state index contributed by atoms with van der Waals surface area (Å²) in [4.78, 5) is 12.2. The molecule has 6 nitrogen and oxygen atoms in total. The highest BCUT2D eigenvalue weighted by atomic mass is 32.2. The van der Waals surface area contributed by atoms with E-state index in [1.54, 1.807) is 30.3 Å². The zero-order chi connectivity index (χ0) is 17.0. The number of carbonyl (C=O) groups is 1. The topological polar surface area (TPSA) is 89.5 Å². The molecule has 0 saturated heterocycles. The van der Waals surface area contributed by atoms with Crippen molar-refractivity contribution < 1.29 is 22.0 Å². The second kappa shape index (κ2) is 6.76. The van der Waals surface area contributed by atoms with Gasteiger partial charge in [-0.05, 0) is 36.4 Å². The maximum atomic E-state index is 12.3. The molecule has 0 fully saturated rings. The molecule has 1 aromatic carbocycles. The van der Waals surface area contributed by atoms with Crippen LogP contribution in [0.4, 0.5) is 0 Å². The van der Waals surface area contributed by atoms with E-state index in [1.165, 1.54) is 30.5 Å². The average Bonchev–Trinajstić information content (AvgIpc) is 3.25. The predicted octanol–water partition coefficient (Wildman–Crippen LogP) is 2.78. The van der Waals surface area contributed by atoms with Crippen LogP contribution in [0.25, 0.3) is 0 Å². The molecule has 7 heteroatoms. The third kappa shape index (κ3) is 3.75. The lowest BCUT2D eigenvalue weighted by Gasteiger charge is -2.02. The Morgan fingerprint density at radius 1 is 0.958 bits per heavy atom. The Balaban J connectivity index is 1.66. The summed E-state index contributed by atoms with van der Waals surface area (Å²) in [5.74, 6) is 0.140. The number of hydrogen-bond acceptors (Lipinski definition) is 5. The van der Waals surface area contributed by atoms with E-state index in [9.17, 15) is 13.2 Å². The van der Waals surface area contributed by atoms with Crippen LogP contribution in [0.2, 0.25) is 0 Å².